The molecule has 0 aromatic heterocycles. The van der Waals surface area contributed by atoms with Crippen molar-refractivity contribution in [2.45, 2.75) is 19.8 Å². The van der Waals surface area contributed by atoms with Gasteiger partial charge >= 0.3 is 5.97 Å². The maximum atomic E-state index is 11.7. The molecular formula is C13H16ClNO3. The predicted molar refractivity (Wildman–Crippen MR) is 69.7 cm³/mol. The number of nitrogens with one attached hydrogen (secondary N) is 1. The van der Waals surface area contributed by atoms with Crippen molar-refractivity contribution in [1.82, 2.24) is 5.32 Å². The Morgan fingerprint density at radius 2 is 2.06 bits per heavy atom. The van der Waals surface area contributed by atoms with Crippen LogP contribution in [-0.4, -0.2) is 25.0 Å². The van der Waals surface area contributed by atoms with E-state index < -0.39 is 0 Å². The molecule has 98 valence electrons. The number of carbonyl (C=O) groups excluding carboxylic acids is 2. The minimum atomic E-state index is -0.309. The van der Waals surface area contributed by atoms with Crippen LogP contribution in [0.4, 0.5) is 0 Å². The highest BCUT2D eigenvalue weighted by atomic mass is 35.5. The molecule has 0 bridgehead atoms. The van der Waals surface area contributed by atoms with Crippen molar-refractivity contribution in [2.24, 2.45) is 0 Å². The van der Waals surface area contributed by atoms with Gasteiger partial charge in [0.25, 0.3) is 5.91 Å². The van der Waals surface area contributed by atoms with Crippen LogP contribution < -0.4 is 5.32 Å². The van der Waals surface area contributed by atoms with Crippen LogP contribution in [0.5, 0.6) is 0 Å². The Bertz CT molecular complexity index is 420. The van der Waals surface area contributed by atoms with Gasteiger partial charge in [-0.15, -0.1) is 0 Å². The molecule has 4 nitrogen and oxygen atoms in total. The maximum absolute atomic E-state index is 11.7. The molecule has 1 rings (SSSR count). The minimum absolute atomic E-state index is 0.163. The van der Waals surface area contributed by atoms with E-state index in [1.54, 1.807) is 24.3 Å². The van der Waals surface area contributed by atoms with Gasteiger partial charge in [0, 0.05) is 6.54 Å². The molecule has 0 aliphatic carbocycles. The molecular weight excluding hydrogens is 254 g/mol. The molecule has 0 saturated heterocycles. The van der Waals surface area contributed by atoms with Crippen molar-refractivity contribution in [2.75, 3.05) is 13.2 Å². The van der Waals surface area contributed by atoms with Crippen LogP contribution in [0.3, 0.4) is 0 Å². The largest absolute Gasteiger partial charge is 0.466 e. The van der Waals surface area contributed by atoms with Crippen molar-refractivity contribution in [1.29, 1.82) is 0 Å². The van der Waals surface area contributed by atoms with Gasteiger partial charge in [-0.1, -0.05) is 30.7 Å². The van der Waals surface area contributed by atoms with Gasteiger partial charge in [-0.3, -0.25) is 9.59 Å². The molecule has 1 N–H and O–H groups in total. The fraction of sp³-hybridized carbons (Fsp3) is 0.385. The highest BCUT2D eigenvalue weighted by Gasteiger charge is 2.09. The number of benzene rings is 1. The molecule has 18 heavy (non-hydrogen) atoms. The van der Waals surface area contributed by atoms with Gasteiger partial charge in [-0.2, -0.15) is 0 Å². The van der Waals surface area contributed by atoms with Crippen LogP contribution in [0.15, 0.2) is 24.3 Å². The highest BCUT2D eigenvalue weighted by Crippen LogP contribution is 2.14. The van der Waals surface area contributed by atoms with Crippen LogP contribution in [0.2, 0.25) is 5.02 Å². The lowest BCUT2D eigenvalue weighted by Crippen LogP contribution is -2.26. The summed E-state index contributed by atoms with van der Waals surface area (Å²) in [5.41, 5.74) is 0.404. The quantitative estimate of drug-likeness (QED) is 0.807. The first-order chi connectivity index (χ1) is 8.65. The molecule has 5 heteroatoms. The summed E-state index contributed by atoms with van der Waals surface area (Å²) in [6.07, 6.45) is 0.952. The monoisotopic (exact) mass is 269 g/mol. The van der Waals surface area contributed by atoms with Crippen LogP contribution in [-0.2, 0) is 9.53 Å². The lowest BCUT2D eigenvalue weighted by molar-refractivity contribution is -0.143. The third-order valence-electron chi connectivity index (χ3n) is 2.20. The molecule has 0 atom stereocenters. The zero-order chi connectivity index (χ0) is 13.4. The van der Waals surface area contributed by atoms with Gasteiger partial charge in [-0.25, -0.2) is 0 Å². The van der Waals surface area contributed by atoms with E-state index in [9.17, 15) is 9.59 Å². The van der Waals surface area contributed by atoms with Gasteiger partial charge < -0.3 is 10.1 Å². The third kappa shape index (κ3) is 4.75. The summed E-state index contributed by atoms with van der Waals surface area (Å²) in [4.78, 5) is 22.9. The maximum Gasteiger partial charge on any atom is 0.307 e. The number of amides is 1. The lowest BCUT2D eigenvalue weighted by Gasteiger charge is -2.06. The van der Waals surface area contributed by atoms with E-state index in [0.29, 0.717) is 17.2 Å². The Morgan fingerprint density at radius 3 is 2.72 bits per heavy atom. The van der Waals surface area contributed by atoms with Crippen LogP contribution in [0.25, 0.3) is 0 Å². The second-order valence-corrected chi connectivity index (χ2v) is 4.11. The standard InChI is InChI=1S/C13H16ClNO3/c1-2-9-18-12(16)7-8-15-13(17)10-5-3-4-6-11(10)14/h3-6H,2,7-9H2,1H3,(H,15,17). The molecule has 0 heterocycles. The van der Waals surface area contributed by atoms with Crippen molar-refractivity contribution in [3.8, 4) is 0 Å². The van der Waals surface area contributed by atoms with Crippen molar-refractivity contribution < 1.29 is 14.3 Å². The highest BCUT2D eigenvalue weighted by molar-refractivity contribution is 6.33. The Kier molecular flexibility index (Phi) is 6.22. The summed E-state index contributed by atoms with van der Waals surface area (Å²) in [7, 11) is 0. The number of carbonyl (C=O) groups is 2. The summed E-state index contributed by atoms with van der Waals surface area (Å²) in [5.74, 6) is -0.597. The van der Waals surface area contributed by atoms with E-state index in [0.717, 1.165) is 6.42 Å². The van der Waals surface area contributed by atoms with Gasteiger partial charge in [-0.05, 0) is 18.6 Å². The van der Waals surface area contributed by atoms with Crippen LogP contribution in [0, 0.1) is 0 Å². The fourth-order valence-electron chi connectivity index (χ4n) is 1.31. The molecule has 0 saturated carbocycles. The first-order valence-electron chi connectivity index (χ1n) is 5.83. The zero-order valence-corrected chi connectivity index (χ0v) is 11.0. The average Bonchev–Trinajstić information content (AvgIpc) is 2.36. The first kappa shape index (κ1) is 14.5. The summed E-state index contributed by atoms with van der Waals surface area (Å²) in [6.45, 7) is 2.58. The molecule has 0 unspecified atom stereocenters. The van der Waals surface area contributed by atoms with Crippen molar-refractivity contribution >= 4 is 23.5 Å². The van der Waals surface area contributed by atoms with E-state index in [-0.39, 0.29) is 24.8 Å². The van der Waals surface area contributed by atoms with E-state index in [1.165, 1.54) is 0 Å². The molecule has 0 spiro atoms. The molecule has 0 aliphatic rings. The smallest absolute Gasteiger partial charge is 0.307 e. The number of ether oxygens (including phenoxy) is 1. The predicted octanol–water partition coefficient (Wildman–Crippen LogP) is 2.41. The molecule has 1 aromatic carbocycles. The number of hydrogen-bond acceptors (Lipinski definition) is 3. The van der Waals surface area contributed by atoms with E-state index in [1.807, 2.05) is 6.92 Å². The summed E-state index contributed by atoms with van der Waals surface area (Å²) in [5, 5.41) is 3.02. The molecule has 0 fully saturated rings. The van der Waals surface area contributed by atoms with Crippen LogP contribution in [0.1, 0.15) is 30.1 Å². The van der Waals surface area contributed by atoms with E-state index >= 15 is 0 Å². The lowest BCUT2D eigenvalue weighted by atomic mass is 10.2. The molecule has 1 aromatic rings. The average molecular weight is 270 g/mol. The van der Waals surface area contributed by atoms with E-state index in [4.69, 9.17) is 16.3 Å². The number of rotatable bonds is 6. The molecule has 1 amide bonds. The number of halogens is 1. The fourth-order valence-corrected chi connectivity index (χ4v) is 1.53. The first-order valence-corrected chi connectivity index (χ1v) is 6.21. The van der Waals surface area contributed by atoms with Gasteiger partial charge in [0.1, 0.15) is 0 Å². The third-order valence-corrected chi connectivity index (χ3v) is 2.53. The van der Waals surface area contributed by atoms with Gasteiger partial charge in [0.05, 0.1) is 23.6 Å². The van der Waals surface area contributed by atoms with E-state index in [2.05, 4.69) is 5.32 Å². The van der Waals surface area contributed by atoms with Crippen molar-refractivity contribution in [3.05, 3.63) is 34.9 Å². The summed E-state index contributed by atoms with van der Waals surface area (Å²) < 4.78 is 4.89. The minimum Gasteiger partial charge on any atom is -0.466 e. The number of hydrogen-bond donors (Lipinski definition) is 1. The Hall–Kier alpha value is -1.55. The second kappa shape index (κ2) is 7.71. The van der Waals surface area contributed by atoms with Crippen LogP contribution >= 0.6 is 11.6 Å². The van der Waals surface area contributed by atoms with Crippen molar-refractivity contribution in [3.63, 3.8) is 0 Å². The number of esters is 1. The molecule has 0 aliphatic heterocycles. The Labute approximate surface area is 111 Å². The Balaban J connectivity index is 2.34. The van der Waals surface area contributed by atoms with Gasteiger partial charge in [0.15, 0.2) is 0 Å². The summed E-state index contributed by atoms with van der Waals surface area (Å²) in [6, 6.07) is 6.76. The molecule has 0 radical (unpaired) electrons. The SMILES string of the molecule is CCCOC(=O)CCNC(=O)c1ccccc1Cl. The second-order valence-electron chi connectivity index (χ2n) is 3.71. The topological polar surface area (TPSA) is 55.4 Å². The van der Waals surface area contributed by atoms with Gasteiger partial charge in [0.2, 0.25) is 0 Å². The normalized spacial score (nSPS) is 9.89. The zero-order valence-electron chi connectivity index (χ0n) is 10.2. The summed E-state index contributed by atoms with van der Waals surface area (Å²) >= 11 is 5.88. The Morgan fingerprint density at radius 1 is 1.33 bits per heavy atom.